The predicted molar refractivity (Wildman–Crippen MR) is 80.9 cm³/mol. The molecule has 0 unspecified atom stereocenters. The maximum Gasteiger partial charge on any atom is 0.127 e. The Morgan fingerprint density at radius 3 is 2.60 bits per heavy atom. The van der Waals surface area contributed by atoms with Crippen LogP contribution in [0.3, 0.4) is 0 Å². The van der Waals surface area contributed by atoms with Crippen molar-refractivity contribution in [2.75, 3.05) is 14.2 Å². The van der Waals surface area contributed by atoms with E-state index in [-0.39, 0.29) is 5.82 Å². The van der Waals surface area contributed by atoms with Crippen LogP contribution in [0.1, 0.15) is 11.1 Å². The average molecular weight is 294 g/mol. The van der Waals surface area contributed by atoms with Crippen LogP contribution in [-0.2, 0) is 6.54 Å². The molecule has 20 heavy (non-hydrogen) atoms. The maximum atomic E-state index is 13.5. The average Bonchev–Trinajstić information content (AvgIpc) is 2.43. The fourth-order valence-electron chi connectivity index (χ4n) is 2.16. The van der Waals surface area contributed by atoms with E-state index < -0.39 is 0 Å². The SMILES string of the molecule is CNCc1cc(OC)ccc1-c1cc(C)c(F)cc1Cl. The lowest BCUT2D eigenvalue weighted by Gasteiger charge is -2.14. The minimum absolute atomic E-state index is 0.289. The van der Waals surface area contributed by atoms with Gasteiger partial charge in [-0.25, -0.2) is 4.39 Å². The third-order valence-electron chi connectivity index (χ3n) is 3.22. The van der Waals surface area contributed by atoms with Gasteiger partial charge in [-0.05, 0) is 54.9 Å². The first-order chi connectivity index (χ1) is 9.56. The van der Waals surface area contributed by atoms with E-state index in [0.717, 1.165) is 22.4 Å². The van der Waals surface area contributed by atoms with E-state index in [2.05, 4.69) is 5.32 Å². The smallest absolute Gasteiger partial charge is 0.127 e. The summed E-state index contributed by atoms with van der Waals surface area (Å²) in [4.78, 5) is 0. The molecule has 0 fully saturated rings. The third-order valence-corrected chi connectivity index (χ3v) is 3.53. The summed E-state index contributed by atoms with van der Waals surface area (Å²) >= 11 is 6.19. The highest BCUT2D eigenvalue weighted by Gasteiger charge is 2.12. The highest BCUT2D eigenvalue weighted by molar-refractivity contribution is 6.33. The van der Waals surface area contributed by atoms with Gasteiger partial charge < -0.3 is 10.1 Å². The predicted octanol–water partition coefficient (Wildman–Crippen LogP) is 4.18. The van der Waals surface area contributed by atoms with Gasteiger partial charge in [-0.3, -0.25) is 0 Å². The number of nitrogens with one attached hydrogen (secondary N) is 1. The molecule has 0 saturated heterocycles. The summed E-state index contributed by atoms with van der Waals surface area (Å²) in [6.07, 6.45) is 0. The Labute approximate surface area is 123 Å². The van der Waals surface area contributed by atoms with Crippen molar-refractivity contribution in [1.29, 1.82) is 0 Å². The zero-order valence-electron chi connectivity index (χ0n) is 11.8. The molecule has 0 aliphatic carbocycles. The van der Waals surface area contributed by atoms with E-state index in [0.29, 0.717) is 17.1 Å². The lowest BCUT2D eigenvalue weighted by atomic mass is 9.97. The number of halogens is 2. The van der Waals surface area contributed by atoms with Crippen LogP contribution in [0.4, 0.5) is 4.39 Å². The Balaban J connectivity index is 2.59. The summed E-state index contributed by atoms with van der Waals surface area (Å²) in [5.74, 6) is 0.497. The van der Waals surface area contributed by atoms with Crippen molar-refractivity contribution >= 4 is 11.6 Å². The fourth-order valence-corrected chi connectivity index (χ4v) is 2.41. The zero-order chi connectivity index (χ0) is 14.7. The second kappa shape index (κ2) is 6.25. The number of hydrogen-bond donors (Lipinski definition) is 1. The largest absolute Gasteiger partial charge is 0.497 e. The van der Waals surface area contributed by atoms with E-state index >= 15 is 0 Å². The minimum atomic E-state index is -0.289. The van der Waals surface area contributed by atoms with E-state index in [1.165, 1.54) is 6.07 Å². The van der Waals surface area contributed by atoms with Crippen LogP contribution in [-0.4, -0.2) is 14.2 Å². The summed E-state index contributed by atoms with van der Waals surface area (Å²) in [6.45, 7) is 2.41. The summed E-state index contributed by atoms with van der Waals surface area (Å²) in [5.41, 5.74) is 3.45. The minimum Gasteiger partial charge on any atom is -0.497 e. The molecule has 2 rings (SSSR count). The molecule has 1 N–H and O–H groups in total. The van der Waals surface area contributed by atoms with E-state index in [1.807, 2.05) is 25.2 Å². The number of hydrogen-bond acceptors (Lipinski definition) is 2. The molecule has 2 nitrogen and oxygen atoms in total. The molecule has 2 aromatic carbocycles. The van der Waals surface area contributed by atoms with Gasteiger partial charge in [0.25, 0.3) is 0 Å². The Kier molecular flexibility index (Phi) is 4.63. The summed E-state index contributed by atoms with van der Waals surface area (Å²) in [7, 11) is 3.51. The van der Waals surface area contributed by atoms with E-state index in [9.17, 15) is 4.39 Å². The van der Waals surface area contributed by atoms with Crippen molar-refractivity contribution in [1.82, 2.24) is 5.32 Å². The molecule has 0 spiro atoms. The van der Waals surface area contributed by atoms with Gasteiger partial charge in [-0.1, -0.05) is 17.7 Å². The second-order valence-electron chi connectivity index (χ2n) is 4.63. The Hall–Kier alpha value is -1.58. The Bertz CT molecular complexity index is 628. The summed E-state index contributed by atoms with van der Waals surface area (Å²) in [5, 5.41) is 3.53. The molecule has 0 aromatic heterocycles. The van der Waals surface area contributed by atoms with Gasteiger partial charge in [0.2, 0.25) is 0 Å². The molecule has 0 heterocycles. The molecular formula is C16H17ClFNO. The number of rotatable bonds is 4. The first kappa shape index (κ1) is 14.8. The molecular weight excluding hydrogens is 277 g/mol. The lowest BCUT2D eigenvalue weighted by molar-refractivity contribution is 0.414. The topological polar surface area (TPSA) is 21.3 Å². The van der Waals surface area contributed by atoms with E-state index in [1.54, 1.807) is 20.1 Å². The number of methoxy groups -OCH3 is 1. The molecule has 0 atom stereocenters. The molecule has 0 bridgehead atoms. The molecule has 4 heteroatoms. The first-order valence-corrected chi connectivity index (χ1v) is 6.72. The van der Waals surface area contributed by atoms with Crippen LogP contribution >= 0.6 is 11.6 Å². The highest BCUT2D eigenvalue weighted by atomic mass is 35.5. The van der Waals surface area contributed by atoms with Crippen molar-refractivity contribution in [3.8, 4) is 16.9 Å². The standard InChI is InChI=1S/C16H17ClFNO/c1-10-6-14(15(17)8-16(10)18)13-5-4-12(20-3)7-11(13)9-19-2/h4-8,19H,9H2,1-3H3. The molecule has 0 aliphatic rings. The Morgan fingerprint density at radius 1 is 1.20 bits per heavy atom. The molecule has 0 amide bonds. The van der Waals surface area contributed by atoms with Crippen LogP contribution in [0.2, 0.25) is 5.02 Å². The normalized spacial score (nSPS) is 10.7. The summed E-state index contributed by atoms with van der Waals surface area (Å²) < 4.78 is 18.8. The second-order valence-corrected chi connectivity index (χ2v) is 5.04. The fraction of sp³-hybridized carbons (Fsp3) is 0.250. The van der Waals surface area contributed by atoms with Gasteiger partial charge >= 0.3 is 0 Å². The molecule has 0 radical (unpaired) electrons. The van der Waals surface area contributed by atoms with Crippen LogP contribution < -0.4 is 10.1 Å². The van der Waals surface area contributed by atoms with Crippen molar-refractivity contribution < 1.29 is 9.13 Å². The monoisotopic (exact) mass is 293 g/mol. The highest BCUT2D eigenvalue weighted by Crippen LogP contribution is 2.34. The van der Waals surface area contributed by atoms with Crippen LogP contribution in [0.25, 0.3) is 11.1 Å². The third kappa shape index (κ3) is 2.94. The molecule has 2 aromatic rings. The van der Waals surface area contributed by atoms with Gasteiger partial charge in [-0.2, -0.15) is 0 Å². The van der Waals surface area contributed by atoms with Gasteiger partial charge in [-0.15, -0.1) is 0 Å². The van der Waals surface area contributed by atoms with E-state index in [4.69, 9.17) is 16.3 Å². The van der Waals surface area contributed by atoms with Crippen molar-refractivity contribution in [3.05, 3.63) is 52.3 Å². The number of benzene rings is 2. The molecule has 0 saturated carbocycles. The van der Waals surface area contributed by atoms with Gasteiger partial charge in [0.1, 0.15) is 11.6 Å². The van der Waals surface area contributed by atoms with Gasteiger partial charge in [0, 0.05) is 12.1 Å². The van der Waals surface area contributed by atoms with Gasteiger partial charge in [0.15, 0.2) is 0 Å². The lowest BCUT2D eigenvalue weighted by Crippen LogP contribution is -2.07. The maximum absolute atomic E-state index is 13.5. The van der Waals surface area contributed by atoms with Crippen LogP contribution in [0, 0.1) is 12.7 Å². The summed E-state index contributed by atoms with van der Waals surface area (Å²) in [6, 6.07) is 8.92. The van der Waals surface area contributed by atoms with Crippen molar-refractivity contribution in [3.63, 3.8) is 0 Å². The van der Waals surface area contributed by atoms with Crippen LogP contribution in [0.5, 0.6) is 5.75 Å². The van der Waals surface area contributed by atoms with Crippen molar-refractivity contribution in [2.45, 2.75) is 13.5 Å². The van der Waals surface area contributed by atoms with Crippen molar-refractivity contribution in [2.24, 2.45) is 0 Å². The number of aryl methyl sites for hydroxylation is 1. The van der Waals surface area contributed by atoms with Gasteiger partial charge in [0.05, 0.1) is 12.1 Å². The first-order valence-electron chi connectivity index (χ1n) is 6.34. The molecule has 106 valence electrons. The van der Waals surface area contributed by atoms with Crippen LogP contribution in [0.15, 0.2) is 30.3 Å². The Morgan fingerprint density at radius 2 is 1.95 bits per heavy atom. The quantitative estimate of drug-likeness (QED) is 0.913. The molecule has 0 aliphatic heterocycles. The number of ether oxygens (including phenoxy) is 1. The zero-order valence-corrected chi connectivity index (χ0v) is 12.5.